The third kappa shape index (κ3) is 2.78. The average molecular weight is 311 g/mol. The number of nitrogens with zero attached hydrogens (tertiary/aromatic N) is 6. The number of nitrogens with one attached hydrogen (secondary N) is 1. The standard InChI is InChI=1S/C16H21N7/c1-10-8-12(3)22(20-10)9-11(2)17-14-6-7-15-18-19-16(13-4-5-13)23(15)21-14/h6-8,11,13H,4-5,9H2,1-3H3,(H,17,21). The molecule has 1 atom stereocenters. The van der Waals surface area contributed by atoms with Crippen LogP contribution in [0.25, 0.3) is 5.65 Å². The number of fused-ring (bicyclic) bond motifs is 1. The Bertz CT molecular complexity index is 843. The fourth-order valence-corrected chi connectivity index (χ4v) is 2.90. The van der Waals surface area contributed by atoms with Gasteiger partial charge in [0.2, 0.25) is 0 Å². The molecule has 0 bridgehead atoms. The fraction of sp³-hybridized carbons (Fsp3) is 0.500. The van der Waals surface area contributed by atoms with Gasteiger partial charge >= 0.3 is 0 Å². The molecule has 120 valence electrons. The minimum absolute atomic E-state index is 0.221. The molecule has 7 heteroatoms. The van der Waals surface area contributed by atoms with Gasteiger partial charge in [-0.2, -0.15) is 9.61 Å². The van der Waals surface area contributed by atoms with Gasteiger partial charge in [0, 0.05) is 17.7 Å². The van der Waals surface area contributed by atoms with Gasteiger partial charge < -0.3 is 5.32 Å². The summed E-state index contributed by atoms with van der Waals surface area (Å²) in [6.45, 7) is 7.03. The molecule has 3 aromatic heterocycles. The Kier molecular flexibility index (Phi) is 3.28. The maximum Gasteiger partial charge on any atom is 0.178 e. The first kappa shape index (κ1) is 14.2. The average Bonchev–Trinajstić information content (AvgIpc) is 3.18. The van der Waals surface area contributed by atoms with Gasteiger partial charge in [0.05, 0.1) is 12.2 Å². The second kappa shape index (κ2) is 5.33. The number of anilines is 1. The molecule has 0 radical (unpaired) electrons. The van der Waals surface area contributed by atoms with Crippen LogP contribution in [0.1, 0.15) is 42.9 Å². The molecule has 23 heavy (non-hydrogen) atoms. The molecule has 1 unspecified atom stereocenters. The number of aryl methyl sites for hydroxylation is 2. The number of rotatable bonds is 5. The van der Waals surface area contributed by atoms with Gasteiger partial charge in [0.15, 0.2) is 11.5 Å². The SMILES string of the molecule is Cc1cc(C)n(CC(C)Nc2ccc3nnc(C4CC4)n3n2)n1. The summed E-state index contributed by atoms with van der Waals surface area (Å²) >= 11 is 0. The Hall–Kier alpha value is -2.44. The Morgan fingerprint density at radius 3 is 2.74 bits per heavy atom. The highest BCUT2D eigenvalue weighted by atomic mass is 15.4. The molecule has 1 aliphatic rings. The Balaban J connectivity index is 1.52. The van der Waals surface area contributed by atoms with Crippen molar-refractivity contribution in [2.75, 3.05) is 5.32 Å². The van der Waals surface area contributed by atoms with Gasteiger partial charge in [0.1, 0.15) is 5.82 Å². The van der Waals surface area contributed by atoms with Crippen molar-refractivity contribution in [2.45, 2.75) is 52.1 Å². The molecule has 1 saturated carbocycles. The summed E-state index contributed by atoms with van der Waals surface area (Å²) in [4.78, 5) is 0. The van der Waals surface area contributed by atoms with Crippen LogP contribution < -0.4 is 5.32 Å². The van der Waals surface area contributed by atoms with E-state index in [2.05, 4.69) is 45.6 Å². The maximum absolute atomic E-state index is 4.66. The zero-order valence-electron chi connectivity index (χ0n) is 13.7. The summed E-state index contributed by atoms with van der Waals surface area (Å²) in [6.07, 6.45) is 2.38. The quantitative estimate of drug-likeness (QED) is 0.783. The molecule has 1 fully saturated rings. The minimum Gasteiger partial charge on any atom is -0.364 e. The molecule has 0 aliphatic heterocycles. The van der Waals surface area contributed by atoms with Crippen molar-refractivity contribution in [3.05, 3.63) is 35.4 Å². The van der Waals surface area contributed by atoms with Crippen LogP contribution in [-0.4, -0.2) is 35.6 Å². The van der Waals surface area contributed by atoms with Crippen molar-refractivity contribution in [3.63, 3.8) is 0 Å². The fourth-order valence-electron chi connectivity index (χ4n) is 2.90. The first-order chi connectivity index (χ1) is 11.1. The topological polar surface area (TPSA) is 72.9 Å². The Morgan fingerprint density at radius 2 is 2.04 bits per heavy atom. The van der Waals surface area contributed by atoms with Crippen molar-refractivity contribution in [3.8, 4) is 0 Å². The lowest BCUT2D eigenvalue weighted by atomic mass is 10.3. The second-order valence-electron chi connectivity index (χ2n) is 6.48. The minimum atomic E-state index is 0.221. The van der Waals surface area contributed by atoms with E-state index < -0.39 is 0 Å². The molecule has 3 aromatic rings. The van der Waals surface area contributed by atoms with Gasteiger partial charge in [-0.15, -0.1) is 15.3 Å². The van der Waals surface area contributed by atoms with Crippen LogP contribution in [0.5, 0.6) is 0 Å². The van der Waals surface area contributed by atoms with Crippen molar-refractivity contribution in [2.24, 2.45) is 0 Å². The molecule has 1 N–H and O–H groups in total. The van der Waals surface area contributed by atoms with E-state index >= 15 is 0 Å². The van der Waals surface area contributed by atoms with Crippen molar-refractivity contribution in [1.82, 2.24) is 29.6 Å². The van der Waals surface area contributed by atoms with E-state index in [-0.39, 0.29) is 6.04 Å². The van der Waals surface area contributed by atoms with Crippen molar-refractivity contribution >= 4 is 11.5 Å². The van der Waals surface area contributed by atoms with Crippen LogP contribution in [0, 0.1) is 13.8 Å². The molecule has 1 aliphatic carbocycles. The number of hydrogen-bond acceptors (Lipinski definition) is 5. The maximum atomic E-state index is 4.66. The van der Waals surface area contributed by atoms with Gasteiger partial charge in [0.25, 0.3) is 0 Å². The first-order valence-electron chi connectivity index (χ1n) is 8.10. The molecular formula is C16H21N7. The summed E-state index contributed by atoms with van der Waals surface area (Å²) in [5.41, 5.74) is 3.03. The lowest BCUT2D eigenvalue weighted by Crippen LogP contribution is -2.24. The molecule has 0 saturated heterocycles. The van der Waals surface area contributed by atoms with E-state index in [1.807, 2.05) is 28.3 Å². The molecule has 0 aromatic carbocycles. The van der Waals surface area contributed by atoms with Crippen molar-refractivity contribution in [1.29, 1.82) is 0 Å². The molecule has 0 spiro atoms. The van der Waals surface area contributed by atoms with Crippen LogP contribution in [0.2, 0.25) is 0 Å². The Labute approximate surface area is 134 Å². The third-order valence-corrected chi connectivity index (χ3v) is 4.17. The summed E-state index contributed by atoms with van der Waals surface area (Å²) < 4.78 is 3.90. The van der Waals surface area contributed by atoms with Gasteiger partial charge in [-0.3, -0.25) is 4.68 Å². The lowest BCUT2D eigenvalue weighted by Gasteiger charge is -2.15. The zero-order valence-corrected chi connectivity index (χ0v) is 13.7. The smallest absolute Gasteiger partial charge is 0.178 e. The summed E-state index contributed by atoms with van der Waals surface area (Å²) in [7, 11) is 0. The highest BCUT2D eigenvalue weighted by Gasteiger charge is 2.29. The monoisotopic (exact) mass is 311 g/mol. The third-order valence-electron chi connectivity index (χ3n) is 4.17. The zero-order chi connectivity index (χ0) is 16.0. The van der Waals surface area contributed by atoms with Gasteiger partial charge in [-0.1, -0.05) is 0 Å². The van der Waals surface area contributed by atoms with Crippen LogP contribution >= 0.6 is 0 Å². The highest BCUT2D eigenvalue weighted by Crippen LogP contribution is 2.38. The van der Waals surface area contributed by atoms with Crippen LogP contribution in [-0.2, 0) is 6.54 Å². The van der Waals surface area contributed by atoms with E-state index in [1.165, 1.54) is 18.5 Å². The summed E-state index contributed by atoms with van der Waals surface area (Å²) in [5, 5.41) is 21.1. The molecular weight excluding hydrogens is 290 g/mol. The van der Waals surface area contributed by atoms with E-state index in [1.54, 1.807) is 0 Å². The van der Waals surface area contributed by atoms with E-state index in [9.17, 15) is 0 Å². The van der Waals surface area contributed by atoms with Crippen molar-refractivity contribution < 1.29 is 0 Å². The van der Waals surface area contributed by atoms with Crippen LogP contribution in [0.3, 0.4) is 0 Å². The number of aromatic nitrogens is 6. The largest absolute Gasteiger partial charge is 0.364 e. The predicted molar refractivity (Wildman–Crippen MR) is 87.5 cm³/mol. The van der Waals surface area contributed by atoms with Gasteiger partial charge in [-0.25, -0.2) is 0 Å². The van der Waals surface area contributed by atoms with Gasteiger partial charge in [-0.05, 0) is 51.8 Å². The Morgan fingerprint density at radius 1 is 1.22 bits per heavy atom. The van der Waals surface area contributed by atoms with Crippen LogP contribution in [0.4, 0.5) is 5.82 Å². The molecule has 3 heterocycles. The molecule has 7 nitrogen and oxygen atoms in total. The van der Waals surface area contributed by atoms with E-state index in [0.29, 0.717) is 5.92 Å². The lowest BCUT2D eigenvalue weighted by molar-refractivity contribution is 0.543. The normalized spacial score (nSPS) is 16.0. The van der Waals surface area contributed by atoms with Crippen LogP contribution in [0.15, 0.2) is 18.2 Å². The predicted octanol–water partition coefficient (Wildman–Crippen LogP) is 2.32. The number of hydrogen-bond donors (Lipinski definition) is 1. The van der Waals surface area contributed by atoms with E-state index in [0.717, 1.165) is 29.5 Å². The summed E-state index contributed by atoms with van der Waals surface area (Å²) in [6, 6.07) is 6.23. The second-order valence-corrected chi connectivity index (χ2v) is 6.48. The first-order valence-corrected chi connectivity index (χ1v) is 8.10. The molecule has 4 rings (SSSR count). The summed E-state index contributed by atoms with van der Waals surface area (Å²) in [5.74, 6) is 2.35. The highest BCUT2D eigenvalue weighted by molar-refractivity contribution is 5.44. The molecule has 0 amide bonds. The van der Waals surface area contributed by atoms with E-state index in [4.69, 9.17) is 0 Å².